The van der Waals surface area contributed by atoms with Gasteiger partial charge in [-0.2, -0.15) is 9.29 Å². The Morgan fingerprint density at radius 1 is 1.30 bits per heavy atom. The fraction of sp³-hybridized carbons (Fsp3) is 0.438. The van der Waals surface area contributed by atoms with E-state index in [1.807, 2.05) is 0 Å². The van der Waals surface area contributed by atoms with Crippen LogP contribution in [-0.4, -0.2) is 62.1 Å². The molecule has 27 heavy (non-hydrogen) atoms. The molecular formula is C16H19N3O6S2. The Balaban J connectivity index is 1.77. The van der Waals surface area contributed by atoms with Gasteiger partial charge >= 0.3 is 5.97 Å². The zero-order valence-electron chi connectivity index (χ0n) is 14.8. The summed E-state index contributed by atoms with van der Waals surface area (Å²) in [6.07, 6.45) is 3.83. The first-order valence-corrected chi connectivity index (χ1v) is 10.5. The molecule has 1 atom stereocenters. The van der Waals surface area contributed by atoms with Gasteiger partial charge in [0.2, 0.25) is 21.8 Å². The van der Waals surface area contributed by atoms with Gasteiger partial charge in [0.15, 0.2) is 0 Å². The normalized spacial score (nSPS) is 18.1. The molecule has 1 saturated heterocycles. The Kier molecular flexibility index (Phi) is 5.92. The summed E-state index contributed by atoms with van der Waals surface area (Å²) in [6.45, 7) is 0.500. The molecule has 0 bridgehead atoms. The number of hydrogen-bond donors (Lipinski definition) is 0. The number of ether oxygens (including phenoxy) is 3. The van der Waals surface area contributed by atoms with Crippen LogP contribution in [-0.2, 0) is 14.8 Å². The van der Waals surface area contributed by atoms with Crippen molar-refractivity contribution in [3.05, 3.63) is 28.7 Å². The highest BCUT2D eigenvalue weighted by atomic mass is 32.2. The molecule has 1 aliphatic heterocycles. The Labute approximate surface area is 161 Å². The first-order chi connectivity index (χ1) is 13.0. The van der Waals surface area contributed by atoms with E-state index in [4.69, 9.17) is 9.47 Å². The van der Waals surface area contributed by atoms with Crippen molar-refractivity contribution >= 4 is 27.3 Å². The topological polar surface area (TPSA) is 108 Å². The molecule has 0 amide bonds. The minimum Gasteiger partial charge on any atom is -0.480 e. The number of sulfonamides is 1. The number of aromatic nitrogens is 2. The van der Waals surface area contributed by atoms with E-state index in [1.54, 1.807) is 5.38 Å². The quantitative estimate of drug-likeness (QED) is 0.657. The Bertz CT molecular complexity index is 914. The predicted octanol–water partition coefficient (Wildman–Crippen LogP) is 1.57. The lowest BCUT2D eigenvalue weighted by atomic mass is 10.1. The number of hydrogen-bond acceptors (Lipinski definition) is 9. The lowest BCUT2D eigenvalue weighted by molar-refractivity contribution is 0.0602. The number of methoxy groups -OCH3 is 2. The molecular weight excluding hydrogens is 394 g/mol. The summed E-state index contributed by atoms with van der Waals surface area (Å²) in [4.78, 5) is 20.0. The van der Waals surface area contributed by atoms with E-state index in [9.17, 15) is 13.2 Å². The third kappa shape index (κ3) is 4.20. The summed E-state index contributed by atoms with van der Waals surface area (Å²) >= 11 is 1.04. The van der Waals surface area contributed by atoms with Crippen LogP contribution < -0.4 is 9.47 Å². The molecule has 0 N–H and O–H groups in total. The SMILES string of the molecule is COC(=O)c1sccc1S(=O)(=O)N1CCCC(Oc2cncc(OC)n2)C1. The molecule has 3 heterocycles. The number of nitrogens with zero attached hydrogens (tertiary/aromatic N) is 3. The maximum absolute atomic E-state index is 13.0. The fourth-order valence-electron chi connectivity index (χ4n) is 2.76. The van der Waals surface area contributed by atoms with Gasteiger partial charge in [-0.1, -0.05) is 0 Å². The number of carbonyl (C=O) groups excluding carboxylic acids is 1. The smallest absolute Gasteiger partial charge is 0.349 e. The molecule has 3 rings (SSSR count). The van der Waals surface area contributed by atoms with Crippen LogP contribution in [0, 0.1) is 0 Å². The minimum absolute atomic E-state index is 0.0406. The molecule has 0 spiro atoms. The number of piperidine rings is 1. The largest absolute Gasteiger partial charge is 0.480 e. The molecule has 0 aromatic carbocycles. The number of esters is 1. The van der Waals surface area contributed by atoms with E-state index in [1.165, 1.54) is 37.0 Å². The number of carbonyl (C=O) groups is 1. The van der Waals surface area contributed by atoms with Crippen LogP contribution in [0.4, 0.5) is 0 Å². The van der Waals surface area contributed by atoms with Gasteiger partial charge in [-0.05, 0) is 24.3 Å². The number of thiophene rings is 1. The second kappa shape index (κ2) is 8.19. The van der Waals surface area contributed by atoms with Crippen molar-refractivity contribution in [2.24, 2.45) is 0 Å². The zero-order chi connectivity index (χ0) is 19.4. The van der Waals surface area contributed by atoms with Gasteiger partial charge in [-0.3, -0.25) is 4.98 Å². The maximum atomic E-state index is 13.0. The second-order valence-corrected chi connectivity index (χ2v) is 8.57. The van der Waals surface area contributed by atoms with Gasteiger partial charge in [0, 0.05) is 6.54 Å². The van der Waals surface area contributed by atoms with Crippen molar-refractivity contribution in [1.82, 2.24) is 14.3 Å². The lowest BCUT2D eigenvalue weighted by Crippen LogP contribution is -2.44. The monoisotopic (exact) mass is 413 g/mol. The van der Waals surface area contributed by atoms with Crippen LogP contribution in [0.5, 0.6) is 11.8 Å². The van der Waals surface area contributed by atoms with Crippen LogP contribution >= 0.6 is 11.3 Å². The molecule has 0 radical (unpaired) electrons. The molecule has 0 aliphatic carbocycles. The van der Waals surface area contributed by atoms with Crippen molar-refractivity contribution < 1.29 is 27.4 Å². The summed E-state index contributed by atoms with van der Waals surface area (Å²) in [5.74, 6) is -0.0850. The lowest BCUT2D eigenvalue weighted by Gasteiger charge is -2.31. The van der Waals surface area contributed by atoms with Crippen LogP contribution in [0.2, 0.25) is 0 Å². The van der Waals surface area contributed by atoms with Gasteiger partial charge in [-0.25, -0.2) is 13.2 Å². The van der Waals surface area contributed by atoms with E-state index in [0.717, 1.165) is 11.3 Å². The van der Waals surface area contributed by atoms with Crippen molar-refractivity contribution in [1.29, 1.82) is 0 Å². The van der Waals surface area contributed by atoms with E-state index in [-0.39, 0.29) is 28.3 Å². The van der Waals surface area contributed by atoms with Crippen molar-refractivity contribution in [3.8, 4) is 11.8 Å². The average Bonchev–Trinajstić information content (AvgIpc) is 3.18. The maximum Gasteiger partial charge on any atom is 0.349 e. The summed E-state index contributed by atoms with van der Waals surface area (Å²) in [6, 6.07) is 1.42. The van der Waals surface area contributed by atoms with Crippen LogP contribution in [0.1, 0.15) is 22.5 Å². The minimum atomic E-state index is -3.84. The number of rotatable bonds is 6. The van der Waals surface area contributed by atoms with Gasteiger partial charge < -0.3 is 14.2 Å². The van der Waals surface area contributed by atoms with Crippen LogP contribution in [0.15, 0.2) is 28.7 Å². The fourth-order valence-corrected chi connectivity index (χ4v) is 5.58. The molecule has 1 fully saturated rings. The first kappa shape index (κ1) is 19.5. The summed E-state index contributed by atoms with van der Waals surface area (Å²) < 4.78 is 42.8. The highest BCUT2D eigenvalue weighted by Gasteiger charge is 2.34. The Hall–Kier alpha value is -2.24. The van der Waals surface area contributed by atoms with Crippen molar-refractivity contribution in [3.63, 3.8) is 0 Å². The predicted molar refractivity (Wildman–Crippen MR) is 96.7 cm³/mol. The third-order valence-electron chi connectivity index (χ3n) is 4.05. The first-order valence-electron chi connectivity index (χ1n) is 8.14. The van der Waals surface area contributed by atoms with E-state index in [2.05, 4.69) is 14.7 Å². The van der Waals surface area contributed by atoms with E-state index < -0.39 is 16.0 Å². The zero-order valence-corrected chi connectivity index (χ0v) is 16.5. The molecule has 0 saturated carbocycles. The molecule has 2 aromatic heterocycles. The van der Waals surface area contributed by atoms with Gasteiger partial charge in [0.1, 0.15) is 15.9 Å². The molecule has 1 aliphatic rings. The summed E-state index contributed by atoms with van der Waals surface area (Å²) in [7, 11) is -1.15. The molecule has 2 aromatic rings. The summed E-state index contributed by atoms with van der Waals surface area (Å²) in [5.41, 5.74) is 0. The Morgan fingerprint density at radius 3 is 2.81 bits per heavy atom. The highest BCUT2D eigenvalue weighted by Crippen LogP contribution is 2.28. The van der Waals surface area contributed by atoms with Gasteiger partial charge in [0.05, 0.1) is 33.2 Å². The standard InChI is InChI=1S/C16H19N3O6S2/c1-23-13-8-17-9-14(18-13)25-11-4-3-6-19(10-11)27(21,22)12-5-7-26-15(12)16(20)24-2/h5,7-9,11H,3-4,6,10H2,1-2H3. The van der Waals surface area contributed by atoms with Gasteiger partial charge in [-0.15, -0.1) is 11.3 Å². The van der Waals surface area contributed by atoms with Crippen molar-refractivity contribution in [2.45, 2.75) is 23.8 Å². The average molecular weight is 413 g/mol. The van der Waals surface area contributed by atoms with E-state index >= 15 is 0 Å². The summed E-state index contributed by atoms with van der Waals surface area (Å²) in [5, 5.41) is 1.56. The van der Waals surface area contributed by atoms with Crippen LogP contribution in [0.3, 0.4) is 0 Å². The van der Waals surface area contributed by atoms with Crippen molar-refractivity contribution in [2.75, 3.05) is 27.3 Å². The Morgan fingerprint density at radius 2 is 2.07 bits per heavy atom. The van der Waals surface area contributed by atoms with E-state index in [0.29, 0.717) is 25.3 Å². The highest BCUT2D eigenvalue weighted by molar-refractivity contribution is 7.89. The van der Waals surface area contributed by atoms with Crippen LogP contribution in [0.25, 0.3) is 0 Å². The molecule has 9 nitrogen and oxygen atoms in total. The molecule has 1 unspecified atom stereocenters. The third-order valence-corrected chi connectivity index (χ3v) is 6.98. The second-order valence-electron chi connectivity index (χ2n) is 5.75. The molecule has 146 valence electrons. The molecule has 11 heteroatoms. The van der Waals surface area contributed by atoms with Gasteiger partial charge in [0.25, 0.3) is 0 Å².